The van der Waals surface area contributed by atoms with E-state index >= 15 is 0 Å². The van der Waals surface area contributed by atoms with Crippen molar-refractivity contribution in [3.63, 3.8) is 0 Å². The largest absolute Gasteiger partial charge is 0.504 e. The SMILES string of the molecule is CCOc1cccc(CNCc2ccnc(OC)c2)c1O. The van der Waals surface area contributed by atoms with Crippen LogP contribution >= 0.6 is 0 Å². The fourth-order valence-corrected chi connectivity index (χ4v) is 2.00. The van der Waals surface area contributed by atoms with Crippen LogP contribution in [0, 0.1) is 0 Å². The molecule has 0 aliphatic rings. The number of methoxy groups -OCH3 is 1. The number of phenols is 1. The lowest BCUT2D eigenvalue weighted by atomic mass is 10.1. The Kier molecular flexibility index (Phi) is 5.40. The second-order valence-electron chi connectivity index (χ2n) is 4.51. The maximum atomic E-state index is 10.1. The standard InChI is InChI=1S/C16H20N2O3/c1-3-21-14-6-4-5-13(16(14)19)11-17-10-12-7-8-18-15(9-12)20-2/h4-9,17,19H,3,10-11H2,1-2H3. The number of nitrogens with one attached hydrogen (secondary N) is 1. The van der Waals surface area contributed by atoms with Crippen molar-refractivity contribution in [3.8, 4) is 17.4 Å². The van der Waals surface area contributed by atoms with Gasteiger partial charge in [0.25, 0.3) is 0 Å². The van der Waals surface area contributed by atoms with E-state index in [0.717, 1.165) is 11.1 Å². The third-order valence-corrected chi connectivity index (χ3v) is 3.04. The average Bonchev–Trinajstić information content (AvgIpc) is 2.51. The van der Waals surface area contributed by atoms with Gasteiger partial charge in [-0.1, -0.05) is 12.1 Å². The Hall–Kier alpha value is -2.27. The first-order valence-corrected chi connectivity index (χ1v) is 6.88. The van der Waals surface area contributed by atoms with Crippen LogP contribution in [0.5, 0.6) is 17.4 Å². The summed E-state index contributed by atoms with van der Waals surface area (Å²) in [4.78, 5) is 4.06. The Morgan fingerprint density at radius 2 is 2.10 bits per heavy atom. The fourth-order valence-electron chi connectivity index (χ4n) is 2.00. The number of nitrogens with zero attached hydrogens (tertiary/aromatic N) is 1. The molecule has 5 nitrogen and oxygen atoms in total. The minimum absolute atomic E-state index is 0.194. The second kappa shape index (κ2) is 7.50. The van der Waals surface area contributed by atoms with Crippen molar-refractivity contribution >= 4 is 0 Å². The van der Waals surface area contributed by atoms with Gasteiger partial charge in [0, 0.05) is 30.9 Å². The summed E-state index contributed by atoms with van der Waals surface area (Å²) in [5, 5.41) is 13.4. The lowest BCUT2D eigenvalue weighted by Crippen LogP contribution is -2.13. The van der Waals surface area contributed by atoms with E-state index in [0.29, 0.717) is 31.3 Å². The monoisotopic (exact) mass is 288 g/mol. The van der Waals surface area contributed by atoms with Gasteiger partial charge in [0.1, 0.15) is 0 Å². The van der Waals surface area contributed by atoms with Crippen molar-refractivity contribution in [1.82, 2.24) is 10.3 Å². The maximum absolute atomic E-state index is 10.1. The summed E-state index contributed by atoms with van der Waals surface area (Å²) >= 11 is 0. The molecule has 0 aliphatic carbocycles. The third kappa shape index (κ3) is 4.10. The number of ether oxygens (including phenoxy) is 2. The van der Waals surface area contributed by atoms with Crippen LogP contribution in [0.4, 0.5) is 0 Å². The van der Waals surface area contributed by atoms with Gasteiger partial charge in [0.05, 0.1) is 13.7 Å². The van der Waals surface area contributed by atoms with Gasteiger partial charge < -0.3 is 19.9 Å². The van der Waals surface area contributed by atoms with Gasteiger partial charge in [-0.2, -0.15) is 0 Å². The molecule has 0 saturated carbocycles. The van der Waals surface area contributed by atoms with Crippen LogP contribution in [0.3, 0.4) is 0 Å². The van der Waals surface area contributed by atoms with Crippen LogP contribution in [-0.2, 0) is 13.1 Å². The van der Waals surface area contributed by atoms with Crippen LogP contribution in [0.25, 0.3) is 0 Å². The molecule has 2 aromatic rings. The molecule has 0 unspecified atom stereocenters. The zero-order chi connectivity index (χ0) is 15.1. The number of rotatable bonds is 7. The Bertz CT molecular complexity index is 587. The first kappa shape index (κ1) is 15.1. The van der Waals surface area contributed by atoms with Gasteiger partial charge in [0.2, 0.25) is 5.88 Å². The highest BCUT2D eigenvalue weighted by molar-refractivity contribution is 5.45. The zero-order valence-corrected chi connectivity index (χ0v) is 12.3. The Balaban J connectivity index is 1.95. The highest BCUT2D eigenvalue weighted by atomic mass is 16.5. The first-order chi connectivity index (χ1) is 10.2. The van der Waals surface area contributed by atoms with Gasteiger partial charge >= 0.3 is 0 Å². The van der Waals surface area contributed by atoms with Crippen molar-refractivity contribution in [3.05, 3.63) is 47.7 Å². The number of para-hydroxylation sites is 1. The van der Waals surface area contributed by atoms with E-state index in [2.05, 4.69) is 10.3 Å². The number of benzene rings is 1. The van der Waals surface area contributed by atoms with E-state index < -0.39 is 0 Å². The first-order valence-electron chi connectivity index (χ1n) is 6.88. The molecule has 2 rings (SSSR count). The molecular formula is C16H20N2O3. The van der Waals surface area contributed by atoms with E-state index in [1.807, 2.05) is 31.2 Å². The molecule has 0 atom stereocenters. The van der Waals surface area contributed by atoms with Crippen molar-refractivity contribution in [2.75, 3.05) is 13.7 Å². The van der Waals surface area contributed by atoms with Crippen molar-refractivity contribution in [1.29, 1.82) is 0 Å². The topological polar surface area (TPSA) is 63.6 Å². The van der Waals surface area contributed by atoms with Crippen LogP contribution < -0.4 is 14.8 Å². The second-order valence-corrected chi connectivity index (χ2v) is 4.51. The number of pyridine rings is 1. The van der Waals surface area contributed by atoms with Gasteiger partial charge in [-0.3, -0.25) is 0 Å². The summed E-state index contributed by atoms with van der Waals surface area (Å²) in [6.45, 7) is 3.64. The molecule has 0 aliphatic heterocycles. The number of hydrogen-bond acceptors (Lipinski definition) is 5. The summed E-state index contributed by atoms with van der Waals surface area (Å²) in [5.41, 5.74) is 1.88. The Morgan fingerprint density at radius 3 is 2.86 bits per heavy atom. The number of aromatic nitrogens is 1. The number of hydrogen-bond donors (Lipinski definition) is 2. The molecule has 0 saturated heterocycles. The Labute approximate surface area is 124 Å². The molecule has 0 fully saturated rings. The molecule has 21 heavy (non-hydrogen) atoms. The van der Waals surface area contributed by atoms with E-state index in [1.165, 1.54) is 0 Å². The minimum Gasteiger partial charge on any atom is -0.504 e. The number of aromatic hydroxyl groups is 1. The molecule has 0 amide bonds. The molecule has 1 aromatic carbocycles. The third-order valence-electron chi connectivity index (χ3n) is 3.04. The highest BCUT2D eigenvalue weighted by Crippen LogP contribution is 2.29. The van der Waals surface area contributed by atoms with Crippen LogP contribution in [0.1, 0.15) is 18.1 Å². The summed E-state index contributed by atoms with van der Waals surface area (Å²) in [6.07, 6.45) is 1.71. The summed E-state index contributed by atoms with van der Waals surface area (Å²) in [6, 6.07) is 9.31. The molecule has 5 heteroatoms. The molecule has 1 heterocycles. The van der Waals surface area contributed by atoms with E-state index in [1.54, 1.807) is 19.4 Å². The van der Waals surface area contributed by atoms with Crippen LogP contribution in [0.15, 0.2) is 36.5 Å². The van der Waals surface area contributed by atoms with Gasteiger partial charge in [-0.15, -0.1) is 0 Å². The van der Waals surface area contributed by atoms with Crippen LogP contribution in [-0.4, -0.2) is 23.8 Å². The Morgan fingerprint density at radius 1 is 1.24 bits per heavy atom. The van der Waals surface area contributed by atoms with E-state index in [4.69, 9.17) is 9.47 Å². The molecule has 0 bridgehead atoms. The summed E-state index contributed by atoms with van der Waals surface area (Å²) in [7, 11) is 1.59. The summed E-state index contributed by atoms with van der Waals surface area (Å²) in [5.74, 6) is 1.30. The van der Waals surface area contributed by atoms with Crippen molar-refractivity contribution in [2.45, 2.75) is 20.0 Å². The predicted molar refractivity (Wildman–Crippen MR) is 80.6 cm³/mol. The number of phenolic OH excluding ortho intramolecular Hbond substituents is 1. The molecule has 1 aromatic heterocycles. The predicted octanol–water partition coefficient (Wildman–Crippen LogP) is 2.48. The van der Waals surface area contributed by atoms with Gasteiger partial charge in [-0.25, -0.2) is 4.98 Å². The zero-order valence-electron chi connectivity index (χ0n) is 12.3. The van der Waals surface area contributed by atoms with Crippen LogP contribution in [0.2, 0.25) is 0 Å². The van der Waals surface area contributed by atoms with Crippen molar-refractivity contribution in [2.24, 2.45) is 0 Å². The smallest absolute Gasteiger partial charge is 0.213 e. The van der Waals surface area contributed by atoms with E-state index in [-0.39, 0.29) is 5.75 Å². The van der Waals surface area contributed by atoms with Gasteiger partial charge in [0.15, 0.2) is 11.5 Å². The van der Waals surface area contributed by atoms with E-state index in [9.17, 15) is 5.11 Å². The quantitative estimate of drug-likeness (QED) is 0.819. The molecule has 112 valence electrons. The fraction of sp³-hybridized carbons (Fsp3) is 0.312. The molecule has 0 radical (unpaired) electrons. The van der Waals surface area contributed by atoms with Crippen molar-refractivity contribution < 1.29 is 14.6 Å². The molecular weight excluding hydrogens is 268 g/mol. The normalized spacial score (nSPS) is 10.4. The lowest BCUT2D eigenvalue weighted by Gasteiger charge is -2.11. The molecule has 2 N–H and O–H groups in total. The highest BCUT2D eigenvalue weighted by Gasteiger charge is 2.07. The molecule has 0 spiro atoms. The van der Waals surface area contributed by atoms with Gasteiger partial charge in [-0.05, 0) is 24.6 Å². The summed E-state index contributed by atoms with van der Waals surface area (Å²) < 4.78 is 10.5. The maximum Gasteiger partial charge on any atom is 0.213 e. The average molecular weight is 288 g/mol. The lowest BCUT2D eigenvalue weighted by molar-refractivity contribution is 0.316. The minimum atomic E-state index is 0.194.